The van der Waals surface area contributed by atoms with Crippen LogP contribution in [0.2, 0.25) is 0 Å². The van der Waals surface area contributed by atoms with E-state index in [0.29, 0.717) is 30.2 Å². The summed E-state index contributed by atoms with van der Waals surface area (Å²) in [6.45, 7) is 1.81. The Balaban J connectivity index is 1.63. The van der Waals surface area contributed by atoms with E-state index in [1.165, 1.54) is 19.4 Å². The summed E-state index contributed by atoms with van der Waals surface area (Å²) in [6, 6.07) is 5.08. The van der Waals surface area contributed by atoms with E-state index in [4.69, 9.17) is 9.47 Å². The molecule has 1 N–H and O–H groups in total. The molecule has 0 saturated carbocycles. The van der Waals surface area contributed by atoms with Crippen LogP contribution in [0.3, 0.4) is 0 Å². The summed E-state index contributed by atoms with van der Waals surface area (Å²) >= 11 is 0. The molecule has 0 unspecified atom stereocenters. The van der Waals surface area contributed by atoms with Crippen LogP contribution in [0.25, 0.3) is 11.1 Å². The van der Waals surface area contributed by atoms with Gasteiger partial charge in [-0.05, 0) is 37.6 Å². The minimum absolute atomic E-state index is 0.0392. The summed E-state index contributed by atoms with van der Waals surface area (Å²) in [5, 5.41) is 2.87. The second-order valence-corrected chi connectivity index (χ2v) is 7.96. The highest BCUT2D eigenvalue weighted by Crippen LogP contribution is 2.33. The second kappa shape index (κ2) is 10.3. The summed E-state index contributed by atoms with van der Waals surface area (Å²) in [5.41, 5.74) is 1.01. The predicted octanol–water partition coefficient (Wildman–Crippen LogP) is 4.78. The van der Waals surface area contributed by atoms with Gasteiger partial charge in [0.05, 0.1) is 25.5 Å². The van der Waals surface area contributed by atoms with Crippen LogP contribution in [0.5, 0.6) is 11.6 Å². The molecule has 1 aliphatic rings. The normalized spacial score (nSPS) is 18.0. The molecule has 4 rings (SSSR count). The van der Waals surface area contributed by atoms with Crippen molar-refractivity contribution in [2.75, 3.05) is 30.4 Å². The van der Waals surface area contributed by atoms with Crippen LogP contribution in [0.1, 0.15) is 13.8 Å². The summed E-state index contributed by atoms with van der Waals surface area (Å²) in [4.78, 5) is 14.5. The first kappa shape index (κ1) is 24.5. The maximum atomic E-state index is 14.6. The lowest BCUT2D eigenvalue weighted by Crippen LogP contribution is -2.46. The summed E-state index contributed by atoms with van der Waals surface area (Å²) in [7, 11) is 1.39. The van der Waals surface area contributed by atoms with Gasteiger partial charge < -0.3 is 24.4 Å². The molecule has 2 aromatic heterocycles. The zero-order valence-corrected chi connectivity index (χ0v) is 19.1. The lowest BCUT2D eigenvalue weighted by atomic mass is 10.1. The topological polar surface area (TPSA) is 81.6 Å². The number of hydrogen-bond acceptors (Lipinski definition) is 8. The number of methoxy groups -OCH3 is 1. The van der Waals surface area contributed by atoms with Gasteiger partial charge in [0.2, 0.25) is 11.8 Å². The fraction of sp³-hybridized carbons (Fsp3) is 0.348. The van der Waals surface area contributed by atoms with E-state index in [-0.39, 0.29) is 29.6 Å². The molecule has 3 aromatic rings. The molecule has 3 heterocycles. The first-order valence-electron chi connectivity index (χ1n) is 10.7. The monoisotopic (exact) mass is 493 g/mol. The van der Waals surface area contributed by atoms with Crippen LogP contribution >= 0.6 is 0 Å². The fourth-order valence-corrected chi connectivity index (χ4v) is 3.80. The molecule has 2 atom stereocenters. The Bertz CT molecular complexity index is 1190. The number of nitrogens with one attached hydrogen (secondary N) is 1. The molecule has 1 aliphatic heterocycles. The van der Waals surface area contributed by atoms with Gasteiger partial charge in [0.25, 0.3) is 0 Å². The number of morpholine rings is 1. The van der Waals surface area contributed by atoms with Crippen LogP contribution < -0.4 is 19.7 Å². The van der Waals surface area contributed by atoms with Crippen LogP contribution in [-0.4, -0.2) is 54.0 Å². The first-order valence-corrected chi connectivity index (χ1v) is 10.7. The van der Waals surface area contributed by atoms with Gasteiger partial charge in [-0.25, -0.2) is 18.7 Å². The highest BCUT2D eigenvalue weighted by molar-refractivity contribution is 5.73. The molecule has 0 amide bonds. The maximum absolute atomic E-state index is 14.6. The number of alkyl halides is 2. The highest BCUT2D eigenvalue weighted by atomic mass is 19.3. The Morgan fingerprint density at radius 2 is 1.77 bits per heavy atom. The van der Waals surface area contributed by atoms with Crippen LogP contribution in [0, 0.1) is 11.6 Å². The first-order chi connectivity index (χ1) is 16.7. The van der Waals surface area contributed by atoms with Crippen molar-refractivity contribution in [3.05, 3.63) is 48.3 Å². The molecule has 0 bridgehead atoms. The van der Waals surface area contributed by atoms with Gasteiger partial charge in [-0.15, -0.1) is 0 Å². The minimum Gasteiger partial charge on any atom is -0.480 e. The number of aromatic nitrogens is 3. The average molecular weight is 493 g/mol. The van der Waals surface area contributed by atoms with E-state index in [2.05, 4.69) is 25.0 Å². The van der Waals surface area contributed by atoms with Gasteiger partial charge in [-0.1, -0.05) is 6.07 Å². The summed E-state index contributed by atoms with van der Waals surface area (Å²) in [6.07, 6.45) is 2.39. The Morgan fingerprint density at radius 3 is 2.43 bits per heavy atom. The van der Waals surface area contributed by atoms with Gasteiger partial charge >= 0.3 is 6.61 Å². The second-order valence-electron chi connectivity index (χ2n) is 7.96. The molecule has 0 radical (unpaired) electrons. The maximum Gasteiger partial charge on any atom is 0.387 e. The number of anilines is 3. The molecule has 8 nitrogen and oxygen atoms in total. The third-order valence-electron chi connectivity index (χ3n) is 5.21. The van der Waals surface area contributed by atoms with E-state index in [9.17, 15) is 17.6 Å². The van der Waals surface area contributed by atoms with E-state index in [1.54, 1.807) is 6.07 Å². The van der Waals surface area contributed by atoms with Crippen molar-refractivity contribution in [2.24, 2.45) is 0 Å². The third-order valence-corrected chi connectivity index (χ3v) is 5.21. The zero-order chi connectivity index (χ0) is 25.1. The van der Waals surface area contributed by atoms with E-state index < -0.39 is 24.0 Å². The molecule has 1 fully saturated rings. The Labute approximate surface area is 198 Å². The standard InChI is InChI=1S/C23H23F4N5O3/c1-12-10-32(11-13(2)34-12)23-29-9-17(25)20(31-23)30-18-7-15(8-28-21(18)33-3)14-4-5-19(16(24)6-14)35-22(26)27/h4-9,12-13,22H,10-11H2,1-3H3,(H,29,30,31)/t12-,13+. The highest BCUT2D eigenvalue weighted by Gasteiger charge is 2.25. The molecule has 0 spiro atoms. The minimum atomic E-state index is -3.15. The van der Waals surface area contributed by atoms with Gasteiger partial charge in [0, 0.05) is 24.8 Å². The average Bonchev–Trinajstić information content (AvgIpc) is 2.81. The van der Waals surface area contributed by atoms with Crippen LogP contribution in [0.4, 0.5) is 35.0 Å². The number of rotatable bonds is 7. The SMILES string of the molecule is COc1ncc(-c2ccc(OC(F)F)c(F)c2)cc1Nc1nc(N2C[C@@H](C)O[C@@H](C)C2)ncc1F. The van der Waals surface area contributed by atoms with E-state index in [0.717, 1.165) is 18.3 Å². The zero-order valence-electron chi connectivity index (χ0n) is 19.1. The molecule has 186 valence electrons. The Kier molecular flexibility index (Phi) is 7.20. The van der Waals surface area contributed by atoms with E-state index >= 15 is 0 Å². The number of benzene rings is 1. The van der Waals surface area contributed by atoms with Gasteiger partial charge in [-0.3, -0.25) is 0 Å². The fourth-order valence-electron chi connectivity index (χ4n) is 3.80. The number of ether oxygens (including phenoxy) is 3. The van der Waals surface area contributed by atoms with Crippen LogP contribution in [-0.2, 0) is 4.74 Å². The number of hydrogen-bond donors (Lipinski definition) is 1. The molecular weight excluding hydrogens is 470 g/mol. The van der Waals surface area contributed by atoms with E-state index in [1.807, 2.05) is 18.7 Å². The van der Waals surface area contributed by atoms with Gasteiger partial charge in [0.15, 0.2) is 23.2 Å². The van der Waals surface area contributed by atoms with Crippen molar-refractivity contribution in [2.45, 2.75) is 32.7 Å². The van der Waals surface area contributed by atoms with Crippen molar-refractivity contribution in [1.82, 2.24) is 15.0 Å². The molecule has 1 saturated heterocycles. The Hall–Kier alpha value is -3.67. The lowest BCUT2D eigenvalue weighted by molar-refractivity contribution is -0.0521. The van der Waals surface area contributed by atoms with Crippen molar-refractivity contribution in [3.63, 3.8) is 0 Å². The predicted molar refractivity (Wildman–Crippen MR) is 120 cm³/mol. The third kappa shape index (κ3) is 5.70. The summed E-state index contributed by atoms with van der Waals surface area (Å²) < 4.78 is 68.8. The Morgan fingerprint density at radius 1 is 1.03 bits per heavy atom. The lowest BCUT2D eigenvalue weighted by Gasteiger charge is -2.35. The number of halogens is 4. The molecule has 0 aliphatic carbocycles. The largest absolute Gasteiger partial charge is 0.480 e. The van der Waals surface area contributed by atoms with Crippen LogP contribution in [0.15, 0.2) is 36.7 Å². The molecule has 1 aromatic carbocycles. The van der Waals surface area contributed by atoms with Gasteiger partial charge in [0.1, 0.15) is 5.69 Å². The van der Waals surface area contributed by atoms with Crippen molar-refractivity contribution >= 4 is 17.5 Å². The molecule has 35 heavy (non-hydrogen) atoms. The number of pyridine rings is 1. The molecule has 12 heteroatoms. The van der Waals surface area contributed by atoms with Crippen molar-refractivity contribution in [3.8, 4) is 22.8 Å². The van der Waals surface area contributed by atoms with Crippen molar-refractivity contribution in [1.29, 1.82) is 0 Å². The number of nitrogens with zero attached hydrogens (tertiary/aromatic N) is 4. The summed E-state index contributed by atoms with van der Waals surface area (Å²) in [5.74, 6) is -1.88. The molecular formula is C23H23F4N5O3. The van der Waals surface area contributed by atoms with Crippen molar-refractivity contribution < 1.29 is 31.8 Å². The quantitative estimate of drug-likeness (QED) is 0.471. The smallest absolute Gasteiger partial charge is 0.387 e. The van der Waals surface area contributed by atoms with Gasteiger partial charge in [-0.2, -0.15) is 13.8 Å².